The van der Waals surface area contributed by atoms with Gasteiger partial charge in [0, 0.05) is 6.54 Å². The predicted molar refractivity (Wildman–Crippen MR) is 88.6 cm³/mol. The molecule has 3 heteroatoms. The molecular formula is C19H33NO2. The van der Waals surface area contributed by atoms with Gasteiger partial charge in [0.2, 0.25) is 0 Å². The van der Waals surface area contributed by atoms with Crippen LogP contribution in [-0.2, 0) is 9.53 Å². The van der Waals surface area contributed by atoms with Crippen molar-refractivity contribution >= 4 is 5.97 Å². The van der Waals surface area contributed by atoms with Crippen molar-refractivity contribution in [1.82, 2.24) is 4.90 Å². The molecule has 2 aliphatic carbocycles. The van der Waals surface area contributed by atoms with E-state index in [9.17, 15) is 4.79 Å². The van der Waals surface area contributed by atoms with Crippen molar-refractivity contribution in [1.29, 1.82) is 0 Å². The Kier molecular flexibility index (Phi) is 5.11. The van der Waals surface area contributed by atoms with Gasteiger partial charge in [-0.05, 0) is 64.0 Å². The molecule has 0 amide bonds. The van der Waals surface area contributed by atoms with Crippen LogP contribution < -0.4 is 0 Å². The SMILES string of the molecule is CC(CN1CCCCC1)C(=O)OC1(C)CC2CCCC(C2)C1. The number of piperidine rings is 1. The quantitative estimate of drug-likeness (QED) is 0.735. The highest BCUT2D eigenvalue weighted by atomic mass is 16.6. The zero-order valence-electron chi connectivity index (χ0n) is 14.5. The van der Waals surface area contributed by atoms with Gasteiger partial charge in [0.1, 0.15) is 5.60 Å². The highest BCUT2D eigenvalue weighted by Crippen LogP contribution is 2.46. The van der Waals surface area contributed by atoms with Crippen LogP contribution >= 0.6 is 0 Å². The van der Waals surface area contributed by atoms with Crippen molar-refractivity contribution in [3.05, 3.63) is 0 Å². The lowest BCUT2D eigenvalue weighted by Gasteiger charge is -2.45. The number of rotatable bonds is 4. The van der Waals surface area contributed by atoms with Crippen LogP contribution in [-0.4, -0.2) is 36.1 Å². The van der Waals surface area contributed by atoms with Gasteiger partial charge in [-0.1, -0.05) is 32.6 Å². The van der Waals surface area contributed by atoms with E-state index in [4.69, 9.17) is 4.74 Å². The summed E-state index contributed by atoms with van der Waals surface area (Å²) in [6.45, 7) is 7.41. The van der Waals surface area contributed by atoms with Crippen molar-refractivity contribution < 1.29 is 9.53 Å². The second-order valence-electron chi connectivity index (χ2n) is 8.44. The summed E-state index contributed by atoms with van der Waals surface area (Å²) in [5.41, 5.74) is -0.193. The molecule has 3 atom stereocenters. The van der Waals surface area contributed by atoms with Crippen molar-refractivity contribution in [2.24, 2.45) is 17.8 Å². The normalized spacial score (nSPS) is 37.5. The first kappa shape index (κ1) is 16.3. The molecule has 2 saturated carbocycles. The van der Waals surface area contributed by atoms with Gasteiger partial charge in [-0.25, -0.2) is 0 Å². The number of esters is 1. The molecule has 126 valence electrons. The summed E-state index contributed by atoms with van der Waals surface area (Å²) >= 11 is 0. The smallest absolute Gasteiger partial charge is 0.310 e. The maximum atomic E-state index is 12.6. The molecule has 3 aliphatic rings. The lowest BCUT2D eigenvalue weighted by molar-refractivity contribution is -0.171. The standard InChI is InChI=1S/C19H33NO2/c1-15(14-20-9-4-3-5-10-20)18(21)22-19(2)12-16-7-6-8-17(11-16)13-19/h15-17H,3-14H2,1-2H3. The summed E-state index contributed by atoms with van der Waals surface area (Å²) < 4.78 is 6.05. The summed E-state index contributed by atoms with van der Waals surface area (Å²) in [6.07, 6.45) is 11.5. The Bertz CT molecular complexity index is 377. The molecule has 2 bridgehead atoms. The van der Waals surface area contributed by atoms with E-state index >= 15 is 0 Å². The fourth-order valence-corrected chi connectivity index (χ4v) is 5.11. The summed E-state index contributed by atoms with van der Waals surface area (Å²) in [4.78, 5) is 15.0. The Morgan fingerprint density at radius 1 is 1.14 bits per heavy atom. The minimum atomic E-state index is -0.193. The fraction of sp³-hybridized carbons (Fsp3) is 0.947. The highest BCUT2D eigenvalue weighted by molar-refractivity contribution is 5.72. The number of hydrogen-bond donors (Lipinski definition) is 0. The van der Waals surface area contributed by atoms with Gasteiger partial charge in [0.05, 0.1) is 5.92 Å². The molecule has 1 heterocycles. The minimum absolute atomic E-state index is 0.0108. The van der Waals surface area contributed by atoms with E-state index in [-0.39, 0.29) is 17.5 Å². The molecule has 1 aliphatic heterocycles. The monoisotopic (exact) mass is 307 g/mol. The second kappa shape index (κ2) is 6.90. The number of ether oxygens (including phenoxy) is 1. The first-order valence-corrected chi connectivity index (χ1v) is 9.49. The molecule has 0 N–H and O–H groups in total. The molecule has 22 heavy (non-hydrogen) atoms. The number of carbonyl (C=O) groups excluding carboxylic acids is 1. The van der Waals surface area contributed by atoms with E-state index in [1.54, 1.807) is 0 Å². The van der Waals surface area contributed by atoms with Crippen molar-refractivity contribution in [2.45, 2.75) is 77.2 Å². The van der Waals surface area contributed by atoms with Crippen LogP contribution in [0.25, 0.3) is 0 Å². The lowest BCUT2D eigenvalue weighted by Crippen LogP contribution is -2.44. The Balaban J connectivity index is 1.51. The molecule has 0 spiro atoms. The minimum Gasteiger partial charge on any atom is -0.459 e. The first-order valence-electron chi connectivity index (χ1n) is 9.49. The van der Waals surface area contributed by atoms with E-state index in [0.29, 0.717) is 0 Å². The average Bonchev–Trinajstić information content (AvgIpc) is 2.47. The van der Waals surface area contributed by atoms with Crippen LogP contribution in [0.2, 0.25) is 0 Å². The van der Waals surface area contributed by atoms with Crippen LogP contribution in [0.5, 0.6) is 0 Å². The van der Waals surface area contributed by atoms with Gasteiger partial charge in [-0.2, -0.15) is 0 Å². The number of carbonyl (C=O) groups is 1. The molecule has 1 saturated heterocycles. The van der Waals surface area contributed by atoms with Gasteiger partial charge < -0.3 is 9.64 Å². The largest absolute Gasteiger partial charge is 0.459 e. The maximum Gasteiger partial charge on any atom is 0.310 e. The summed E-state index contributed by atoms with van der Waals surface area (Å²) in [5, 5.41) is 0. The van der Waals surface area contributed by atoms with Crippen LogP contribution in [0.4, 0.5) is 0 Å². The Hall–Kier alpha value is -0.570. The van der Waals surface area contributed by atoms with Crippen LogP contribution in [0.15, 0.2) is 0 Å². The van der Waals surface area contributed by atoms with Crippen molar-refractivity contribution in [2.75, 3.05) is 19.6 Å². The van der Waals surface area contributed by atoms with Crippen molar-refractivity contribution in [3.8, 4) is 0 Å². The Labute approximate surface area is 135 Å². The highest BCUT2D eigenvalue weighted by Gasteiger charge is 2.42. The van der Waals surface area contributed by atoms with Gasteiger partial charge in [-0.15, -0.1) is 0 Å². The van der Waals surface area contributed by atoms with E-state index < -0.39 is 0 Å². The van der Waals surface area contributed by atoms with Crippen LogP contribution in [0, 0.1) is 17.8 Å². The zero-order valence-corrected chi connectivity index (χ0v) is 14.5. The van der Waals surface area contributed by atoms with Crippen molar-refractivity contribution in [3.63, 3.8) is 0 Å². The first-order chi connectivity index (χ1) is 10.5. The predicted octanol–water partition coefficient (Wildman–Crippen LogP) is 4.01. The molecule has 3 fully saturated rings. The number of hydrogen-bond acceptors (Lipinski definition) is 3. The van der Waals surface area contributed by atoms with Gasteiger partial charge in [-0.3, -0.25) is 4.79 Å². The zero-order chi connectivity index (χ0) is 15.6. The van der Waals surface area contributed by atoms with E-state index in [1.165, 1.54) is 44.9 Å². The van der Waals surface area contributed by atoms with Gasteiger partial charge in [0.25, 0.3) is 0 Å². The molecular weight excluding hydrogens is 274 g/mol. The summed E-state index contributed by atoms with van der Waals surface area (Å²) in [7, 11) is 0. The lowest BCUT2D eigenvalue weighted by atomic mass is 9.66. The molecule has 3 rings (SSSR count). The number of fused-ring (bicyclic) bond motifs is 2. The molecule has 0 radical (unpaired) electrons. The number of nitrogens with zero attached hydrogens (tertiary/aromatic N) is 1. The fourth-order valence-electron chi connectivity index (χ4n) is 5.11. The molecule has 0 aromatic rings. The Morgan fingerprint density at radius 2 is 1.77 bits per heavy atom. The third kappa shape index (κ3) is 4.04. The topological polar surface area (TPSA) is 29.5 Å². The summed E-state index contributed by atoms with van der Waals surface area (Å²) in [5.74, 6) is 1.63. The number of likely N-dealkylation sites (tertiary alicyclic amines) is 1. The maximum absolute atomic E-state index is 12.6. The van der Waals surface area contributed by atoms with Gasteiger partial charge in [0.15, 0.2) is 0 Å². The molecule has 0 aromatic heterocycles. The third-order valence-corrected chi connectivity index (χ3v) is 6.06. The van der Waals surface area contributed by atoms with Crippen LogP contribution in [0.3, 0.4) is 0 Å². The van der Waals surface area contributed by atoms with E-state index in [0.717, 1.165) is 44.3 Å². The van der Waals surface area contributed by atoms with Gasteiger partial charge >= 0.3 is 5.97 Å². The third-order valence-electron chi connectivity index (χ3n) is 6.06. The van der Waals surface area contributed by atoms with E-state index in [2.05, 4.69) is 11.8 Å². The average molecular weight is 307 g/mol. The molecule has 0 aromatic carbocycles. The molecule has 3 nitrogen and oxygen atoms in total. The van der Waals surface area contributed by atoms with Crippen LogP contribution in [0.1, 0.15) is 71.6 Å². The summed E-state index contributed by atoms with van der Waals surface area (Å²) in [6, 6.07) is 0. The van der Waals surface area contributed by atoms with E-state index in [1.807, 2.05) is 6.92 Å². The molecule has 3 unspecified atom stereocenters. The second-order valence-corrected chi connectivity index (χ2v) is 8.44. The Morgan fingerprint density at radius 3 is 2.41 bits per heavy atom.